The molecule has 0 N–H and O–H groups in total. The lowest BCUT2D eigenvalue weighted by Crippen LogP contribution is -1.99. The SMILES string of the molecule is COc1cc2ccnc(C(=C=O)c3cc(C)c(OC)c(C)c3)c2cc1OC. The molecule has 0 saturated heterocycles. The van der Waals surface area contributed by atoms with Gasteiger partial charge in [-0.2, -0.15) is 0 Å². The largest absolute Gasteiger partial charge is 0.496 e. The number of fused-ring (bicyclic) bond motifs is 1. The van der Waals surface area contributed by atoms with Gasteiger partial charge in [0.1, 0.15) is 11.7 Å². The maximum absolute atomic E-state index is 11.9. The molecule has 5 heteroatoms. The summed E-state index contributed by atoms with van der Waals surface area (Å²) in [5.74, 6) is 4.08. The van der Waals surface area contributed by atoms with Crippen LogP contribution in [0.25, 0.3) is 16.3 Å². The molecule has 0 aliphatic rings. The maximum Gasteiger partial charge on any atom is 0.161 e. The molecule has 0 saturated carbocycles. The van der Waals surface area contributed by atoms with E-state index in [1.165, 1.54) is 0 Å². The minimum absolute atomic E-state index is 0.390. The van der Waals surface area contributed by atoms with Crippen molar-refractivity contribution in [2.24, 2.45) is 0 Å². The van der Waals surface area contributed by atoms with Crippen LogP contribution in [-0.2, 0) is 4.79 Å². The monoisotopic (exact) mass is 363 g/mol. The van der Waals surface area contributed by atoms with E-state index in [9.17, 15) is 4.79 Å². The van der Waals surface area contributed by atoms with E-state index in [1.54, 1.807) is 27.5 Å². The maximum atomic E-state index is 11.9. The average Bonchev–Trinajstić information content (AvgIpc) is 2.67. The van der Waals surface area contributed by atoms with E-state index in [2.05, 4.69) is 10.9 Å². The lowest BCUT2D eigenvalue weighted by Gasteiger charge is -2.14. The Bertz CT molecular complexity index is 1040. The van der Waals surface area contributed by atoms with Crippen LogP contribution in [0, 0.1) is 13.8 Å². The summed E-state index contributed by atoms with van der Waals surface area (Å²) in [5, 5.41) is 1.69. The molecule has 0 spiro atoms. The summed E-state index contributed by atoms with van der Waals surface area (Å²) >= 11 is 0. The molecule has 0 bridgehead atoms. The van der Waals surface area contributed by atoms with Gasteiger partial charge in [0, 0.05) is 11.6 Å². The van der Waals surface area contributed by atoms with Gasteiger partial charge in [0.05, 0.1) is 32.6 Å². The molecular weight excluding hydrogens is 342 g/mol. The first-order valence-corrected chi connectivity index (χ1v) is 8.45. The molecule has 2 aromatic carbocycles. The number of hydrogen-bond donors (Lipinski definition) is 0. The summed E-state index contributed by atoms with van der Waals surface area (Å²) in [6.07, 6.45) is 1.67. The number of hydrogen-bond acceptors (Lipinski definition) is 5. The molecule has 1 aromatic heterocycles. The summed E-state index contributed by atoms with van der Waals surface area (Å²) in [7, 11) is 4.80. The first-order valence-electron chi connectivity index (χ1n) is 8.45. The molecule has 0 aliphatic carbocycles. The summed E-state index contributed by atoms with van der Waals surface area (Å²) in [4.78, 5) is 16.4. The number of benzene rings is 2. The number of pyridine rings is 1. The number of nitrogens with zero attached hydrogens (tertiary/aromatic N) is 1. The van der Waals surface area contributed by atoms with E-state index >= 15 is 0 Å². The van der Waals surface area contributed by atoms with Crippen molar-refractivity contribution in [3.05, 3.63) is 58.9 Å². The van der Waals surface area contributed by atoms with E-state index in [-0.39, 0.29) is 0 Å². The van der Waals surface area contributed by atoms with E-state index in [4.69, 9.17) is 14.2 Å². The Morgan fingerprint density at radius 1 is 0.926 bits per heavy atom. The van der Waals surface area contributed by atoms with Gasteiger partial charge in [0.15, 0.2) is 11.5 Å². The van der Waals surface area contributed by atoms with Gasteiger partial charge in [0.2, 0.25) is 0 Å². The summed E-state index contributed by atoms with van der Waals surface area (Å²) in [5.41, 5.74) is 3.57. The van der Waals surface area contributed by atoms with E-state index in [1.807, 2.05) is 44.2 Å². The van der Waals surface area contributed by atoms with Gasteiger partial charge in [-0.05, 0) is 66.3 Å². The first-order chi connectivity index (χ1) is 13.0. The minimum atomic E-state index is 0.390. The Morgan fingerprint density at radius 3 is 2.11 bits per heavy atom. The Hall–Kier alpha value is -3.30. The van der Waals surface area contributed by atoms with Gasteiger partial charge < -0.3 is 14.2 Å². The van der Waals surface area contributed by atoms with Crippen molar-refractivity contribution in [2.75, 3.05) is 21.3 Å². The second kappa shape index (κ2) is 7.52. The molecule has 0 unspecified atom stereocenters. The zero-order valence-electron chi connectivity index (χ0n) is 16.0. The van der Waals surface area contributed by atoms with Crippen LogP contribution in [0.2, 0.25) is 0 Å². The zero-order valence-corrected chi connectivity index (χ0v) is 16.0. The fourth-order valence-electron chi connectivity index (χ4n) is 3.36. The average molecular weight is 363 g/mol. The van der Waals surface area contributed by atoms with Crippen LogP contribution in [0.4, 0.5) is 0 Å². The molecule has 0 fully saturated rings. The fraction of sp³-hybridized carbons (Fsp3) is 0.227. The predicted octanol–water partition coefficient (Wildman–Crippen LogP) is 4.14. The van der Waals surface area contributed by atoms with Crippen LogP contribution in [0.5, 0.6) is 17.2 Å². The van der Waals surface area contributed by atoms with Crippen molar-refractivity contribution in [3.63, 3.8) is 0 Å². The molecule has 27 heavy (non-hydrogen) atoms. The van der Waals surface area contributed by atoms with E-state index in [0.29, 0.717) is 22.8 Å². The van der Waals surface area contributed by atoms with Crippen LogP contribution in [0.3, 0.4) is 0 Å². The van der Waals surface area contributed by atoms with Crippen molar-refractivity contribution in [3.8, 4) is 17.2 Å². The Kier molecular flexibility index (Phi) is 5.15. The third-order valence-corrected chi connectivity index (χ3v) is 4.56. The lowest BCUT2D eigenvalue weighted by molar-refractivity contribution is 0.356. The van der Waals surface area contributed by atoms with Crippen LogP contribution < -0.4 is 14.2 Å². The van der Waals surface area contributed by atoms with Crippen molar-refractivity contribution >= 4 is 22.3 Å². The van der Waals surface area contributed by atoms with Gasteiger partial charge >= 0.3 is 0 Å². The Balaban J connectivity index is 2.25. The van der Waals surface area contributed by atoms with Crippen molar-refractivity contribution in [1.29, 1.82) is 0 Å². The molecule has 0 atom stereocenters. The smallest absolute Gasteiger partial charge is 0.161 e. The second-order valence-electron chi connectivity index (χ2n) is 6.21. The van der Waals surface area contributed by atoms with Gasteiger partial charge in [-0.25, -0.2) is 4.79 Å². The number of methoxy groups -OCH3 is 3. The molecule has 138 valence electrons. The summed E-state index contributed by atoms with van der Waals surface area (Å²) < 4.78 is 16.2. The topological polar surface area (TPSA) is 57.7 Å². The molecular formula is C22H21NO4. The normalized spacial score (nSPS) is 10.4. The predicted molar refractivity (Wildman–Crippen MR) is 106 cm³/mol. The molecule has 0 radical (unpaired) electrons. The van der Waals surface area contributed by atoms with Crippen molar-refractivity contribution in [2.45, 2.75) is 13.8 Å². The molecule has 3 aromatic rings. The Morgan fingerprint density at radius 2 is 1.56 bits per heavy atom. The van der Waals surface area contributed by atoms with E-state index < -0.39 is 0 Å². The number of ether oxygens (including phenoxy) is 3. The molecule has 0 aliphatic heterocycles. The highest BCUT2D eigenvalue weighted by atomic mass is 16.5. The van der Waals surface area contributed by atoms with Crippen molar-refractivity contribution < 1.29 is 19.0 Å². The Labute approximate surface area is 158 Å². The quantitative estimate of drug-likeness (QED) is 0.638. The highest BCUT2D eigenvalue weighted by Crippen LogP contribution is 2.36. The highest BCUT2D eigenvalue weighted by Gasteiger charge is 2.17. The molecule has 5 nitrogen and oxygen atoms in total. The van der Waals surface area contributed by atoms with Gasteiger partial charge in [-0.15, -0.1) is 0 Å². The first kappa shape index (κ1) is 18.5. The minimum Gasteiger partial charge on any atom is -0.496 e. The molecule has 1 heterocycles. The summed E-state index contributed by atoms with van der Waals surface area (Å²) in [6, 6.07) is 9.39. The molecule has 0 amide bonds. The summed E-state index contributed by atoms with van der Waals surface area (Å²) in [6.45, 7) is 3.89. The van der Waals surface area contributed by atoms with E-state index in [0.717, 1.165) is 33.2 Å². The number of carbonyl (C=O) groups excluding carboxylic acids is 1. The van der Waals surface area contributed by atoms with Crippen LogP contribution in [-0.4, -0.2) is 32.3 Å². The van der Waals surface area contributed by atoms with Crippen LogP contribution in [0.15, 0.2) is 36.5 Å². The van der Waals surface area contributed by atoms with Crippen LogP contribution in [0.1, 0.15) is 22.4 Å². The third-order valence-electron chi connectivity index (χ3n) is 4.56. The number of aryl methyl sites for hydroxylation is 2. The molecule has 3 rings (SSSR count). The van der Waals surface area contributed by atoms with Crippen molar-refractivity contribution in [1.82, 2.24) is 4.98 Å². The van der Waals surface area contributed by atoms with Gasteiger partial charge in [-0.3, -0.25) is 4.98 Å². The standard InChI is InChI=1S/C22H21NO4/c1-13-8-16(9-14(2)22(13)27-5)18(12-24)21-17-11-20(26-4)19(25-3)10-15(17)6-7-23-21/h6-11H,1-5H3. The van der Waals surface area contributed by atoms with Gasteiger partial charge in [-0.1, -0.05) is 0 Å². The fourth-order valence-corrected chi connectivity index (χ4v) is 3.36. The van der Waals surface area contributed by atoms with Crippen LogP contribution >= 0.6 is 0 Å². The second-order valence-corrected chi connectivity index (χ2v) is 6.21. The third kappa shape index (κ3) is 3.25. The van der Waals surface area contributed by atoms with Gasteiger partial charge in [0.25, 0.3) is 0 Å². The lowest BCUT2D eigenvalue weighted by atomic mass is 9.95. The highest BCUT2D eigenvalue weighted by molar-refractivity contribution is 6.05. The number of aromatic nitrogens is 1. The zero-order chi connectivity index (χ0) is 19.6. The number of rotatable bonds is 5.